The second-order valence-corrected chi connectivity index (χ2v) is 8.63. The Morgan fingerprint density at radius 2 is 1.80 bits per heavy atom. The maximum absolute atomic E-state index is 14.7. The molecule has 0 radical (unpaired) electrons. The van der Waals surface area contributed by atoms with Gasteiger partial charge in [0.2, 0.25) is 0 Å². The first-order chi connectivity index (χ1) is 14.4. The van der Waals surface area contributed by atoms with Crippen LogP contribution in [0.2, 0.25) is 0 Å². The standard InChI is InChI=1S/C24H30FN3O2/c1-17-14-28(15-18(2)30-17)22-9-8-19(12-21(22)25)13-26-23(29)27-16-24(10-11-24)20-6-4-3-5-7-20/h3-9,12,17-18H,10-11,13-16H2,1-2H3,(H2,26,27,29). The predicted molar refractivity (Wildman–Crippen MR) is 116 cm³/mol. The lowest BCUT2D eigenvalue weighted by molar-refractivity contribution is -0.00539. The van der Waals surface area contributed by atoms with Gasteiger partial charge in [-0.2, -0.15) is 0 Å². The number of ether oxygens (including phenoxy) is 1. The average molecular weight is 412 g/mol. The van der Waals surface area contributed by atoms with Gasteiger partial charge in [0.25, 0.3) is 0 Å². The number of rotatable bonds is 6. The number of nitrogens with zero attached hydrogens (tertiary/aromatic N) is 1. The van der Waals surface area contributed by atoms with Gasteiger partial charge in [-0.05, 0) is 49.9 Å². The molecule has 2 aromatic carbocycles. The Hall–Kier alpha value is -2.60. The van der Waals surface area contributed by atoms with Gasteiger partial charge in [-0.3, -0.25) is 0 Å². The summed E-state index contributed by atoms with van der Waals surface area (Å²) in [6.07, 6.45) is 2.32. The van der Waals surface area contributed by atoms with Crippen LogP contribution in [0.4, 0.5) is 14.9 Å². The Morgan fingerprint density at radius 1 is 1.10 bits per heavy atom. The minimum Gasteiger partial charge on any atom is -0.372 e. The van der Waals surface area contributed by atoms with Crippen LogP contribution in [0.5, 0.6) is 0 Å². The summed E-state index contributed by atoms with van der Waals surface area (Å²) in [6.45, 7) is 6.25. The molecule has 1 heterocycles. The number of nitrogens with one attached hydrogen (secondary N) is 2. The van der Waals surface area contributed by atoms with Crippen molar-refractivity contribution < 1.29 is 13.9 Å². The zero-order valence-corrected chi connectivity index (χ0v) is 17.7. The molecule has 160 valence electrons. The molecule has 2 atom stereocenters. The second-order valence-electron chi connectivity index (χ2n) is 8.63. The molecule has 2 N–H and O–H groups in total. The molecule has 0 spiro atoms. The van der Waals surface area contributed by atoms with Crippen LogP contribution in [0, 0.1) is 5.82 Å². The smallest absolute Gasteiger partial charge is 0.315 e. The fourth-order valence-corrected chi connectivity index (χ4v) is 4.30. The number of morpholine rings is 1. The number of amides is 2. The van der Waals surface area contributed by atoms with Crippen molar-refractivity contribution in [3.63, 3.8) is 0 Å². The molecule has 1 saturated heterocycles. The summed E-state index contributed by atoms with van der Waals surface area (Å²) in [5, 5.41) is 5.82. The summed E-state index contributed by atoms with van der Waals surface area (Å²) in [5.41, 5.74) is 2.67. The first kappa shape index (κ1) is 20.7. The summed E-state index contributed by atoms with van der Waals surface area (Å²) in [5.74, 6) is -0.267. The number of halogens is 1. The number of urea groups is 1. The molecule has 2 aromatic rings. The Kier molecular flexibility index (Phi) is 5.95. The molecular formula is C24H30FN3O2. The molecular weight excluding hydrogens is 381 g/mol. The first-order valence-electron chi connectivity index (χ1n) is 10.7. The lowest BCUT2D eigenvalue weighted by Gasteiger charge is -2.37. The quantitative estimate of drug-likeness (QED) is 0.756. The van der Waals surface area contributed by atoms with Gasteiger partial charge in [-0.15, -0.1) is 0 Å². The van der Waals surface area contributed by atoms with Crippen LogP contribution in [0.25, 0.3) is 0 Å². The van der Waals surface area contributed by atoms with Crippen molar-refractivity contribution in [3.05, 3.63) is 65.5 Å². The van der Waals surface area contributed by atoms with Gasteiger partial charge in [-0.1, -0.05) is 36.4 Å². The van der Waals surface area contributed by atoms with E-state index in [0.29, 0.717) is 25.3 Å². The Balaban J connectivity index is 1.29. The normalized spacial score (nSPS) is 22.4. The molecule has 2 unspecified atom stereocenters. The minimum absolute atomic E-state index is 0.0682. The number of carbonyl (C=O) groups is 1. The third-order valence-corrected chi connectivity index (χ3v) is 6.05. The third-order valence-electron chi connectivity index (χ3n) is 6.05. The zero-order chi connectivity index (χ0) is 21.1. The lowest BCUT2D eigenvalue weighted by Crippen LogP contribution is -2.45. The van der Waals surface area contributed by atoms with Crippen LogP contribution in [-0.2, 0) is 16.7 Å². The fraction of sp³-hybridized carbons (Fsp3) is 0.458. The number of hydrogen-bond donors (Lipinski definition) is 2. The Bertz CT molecular complexity index is 875. The van der Waals surface area contributed by atoms with Crippen LogP contribution in [0.15, 0.2) is 48.5 Å². The summed E-state index contributed by atoms with van der Waals surface area (Å²) in [6, 6.07) is 15.3. The molecule has 6 heteroatoms. The van der Waals surface area contributed by atoms with E-state index in [1.165, 1.54) is 11.6 Å². The fourth-order valence-electron chi connectivity index (χ4n) is 4.30. The largest absolute Gasteiger partial charge is 0.372 e. The Labute approximate surface area is 177 Å². The molecule has 5 nitrogen and oxygen atoms in total. The maximum atomic E-state index is 14.7. The van der Waals surface area contributed by atoms with Crippen molar-refractivity contribution in [1.82, 2.24) is 10.6 Å². The van der Waals surface area contributed by atoms with Crippen molar-refractivity contribution in [1.29, 1.82) is 0 Å². The van der Waals surface area contributed by atoms with Gasteiger partial charge in [0, 0.05) is 31.6 Å². The molecule has 2 fully saturated rings. The summed E-state index contributed by atoms with van der Waals surface area (Å²) in [4.78, 5) is 14.3. The summed E-state index contributed by atoms with van der Waals surface area (Å²) >= 11 is 0. The van der Waals surface area contributed by atoms with Gasteiger partial charge < -0.3 is 20.3 Å². The van der Waals surface area contributed by atoms with E-state index < -0.39 is 0 Å². The zero-order valence-electron chi connectivity index (χ0n) is 17.7. The molecule has 1 saturated carbocycles. The van der Waals surface area contributed by atoms with Crippen LogP contribution in [0.3, 0.4) is 0 Å². The highest BCUT2D eigenvalue weighted by molar-refractivity contribution is 5.74. The molecule has 0 aromatic heterocycles. The maximum Gasteiger partial charge on any atom is 0.315 e. The van der Waals surface area contributed by atoms with Crippen molar-refractivity contribution in [2.75, 3.05) is 24.5 Å². The van der Waals surface area contributed by atoms with Crippen molar-refractivity contribution in [3.8, 4) is 0 Å². The van der Waals surface area contributed by atoms with Crippen LogP contribution < -0.4 is 15.5 Å². The van der Waals surface area contributed by atoms with E-state index in [2.05, 4.69) is 22.8 Å². The van der Waals surface area contributed by atoms with Crippen LogP contribution in [0.1, 0.15) is 37.8 Å². The predicted octanol–water partition coefficient (Wildman–Crippen LogP) is 3.97. The van der Waals surface area contributed by atoms with E-state index in [1.54, 1.807) is 6.07 Å². The molecule has 4 rings (SSSR count). The molecule has 0 bridgehead atoms. The highest BCUT2D eigenvalue weighted by Crippen LogP contribution is 2.47. The van der Waals surface area contributed by atoms with Crippen molar-refractivity contribution in [2.45, 2.75) is 50.9 Å². The molecule has 2 amide bonds. The second kappa shape index (κ2) is 8.64. The van der Waals surface area contributed by atoms with E-state index in [4.69, 9.17) is 4.74 Å². The van der Waals surface area contributed by atoms with E-state index in [0.717, 1.165) is 18.4 Å². The monoisotopic (exact) mass is 411 g/mol. The highest BCUT2D eigenvalue weighted by atomic mass is 19.1. The van der Waals surface area contributed by atoms with E-state index >= 15 is 0 Å². The minimum atomic E-state index is -0.267. The Morgan fingerprint density at radius 3 is 2.43 bits per heavy atom. The SMILES string of the molecule is CC1CN(c2ccc(CNC(=O)NCC3(c4ccccc4)CC3)cc2F)CC(C)O1. The van der Waals surface area contributed by atoms with Gasteiger partial charge in [0.1, 0.15) is 5.82 Å². The molecule has 2 aliphatic rings. The van der Waals surface area contributed by atoms with E-state index in [-0.39, 0.29) is 36.0 Å². The number of carbonyl (C=O) groups excluding carboxylic acids is 1. The number of hydrogen-bond acceptors (Lipinski definition) is 3. The van der Waals surface area contributed by atoms with Crippen LogP contribution in [-0.4, -0.2) is 37.9 Å². The van der Waals surface area contributed by atoms with Gasteiger partial charge in [0.05, 0.1) is 17.9 Å². The van der Waals surface area contributed by atoms with Crippen LogP contribution >= 0.6 is 0 Å². The van der Waals surface area contributed by atoms with E-state index in [1.807, 2.05) is 43.0 Å². The molecule has 1 aliphatic carbocycles. The number of benzene rings is 2. The van der Waals surface area contributed by atoms with Gasteiger partial charge in [0.15, 0.2) is 0 Å². The average Bonchev–Trinajstić information content (AvgIpc) is 3.52. The third kappa shape index (κ3) is 4.75. The molecule has 30 heavy (non-hydrogen) atoms. The summed E-state index contributed by atoms with van der Waals surface area (Å²) in [7, 11) is 0. The van der Waals surface area contributed by atoms with E-state index in [9.17, 15) is 9.18 Å². The molecule has 1 aliphatic heterocycles. The van der Waals surface area contributed by atoms with Crippen molar-refractivity contribution in [2.24, 2.45) is 0 Å². The van der Waals surface area contributed by atoms with Gasteiger partial charge >= 0.3 is 6.03 Å². The summed E-state index contributed by atoms with van der Waals surface area (Å²) < 4.78 is 20.4. The topological polar surface area (TPSA) is 53.6 Å². The highest BCUT2D eigenvalue weighted by Gasteiger charge is 2.44. The first-order valence-corrected chi connectivity index (χ1v) is 10.7. The van der Waals surface area contributed by atoms with Crippen molar-refractivity contribution >= 4 is 11.7 Å². The van der Waals surface area contributed by atoms with Gasteiger partial charge in [-0.25, -0.2) is 9.18 Å². The lowest BCUT2D eigenvalue weighted by atomic mass is 9.96. The number of anilines is 1.